The minimum Gasteiger partial charge on any atom is -0.487 e. The van der Waals surface area contributed by atoms with E-state index < -0.39 is 0 Å². The van der Waals surface area contributed by atoms with Crippen molar-refractivity contribution in [1.82, 2.24) is 4.90 Å². The topological polar surface area (TPSA) is 46.6 Å². The summed E-state index contributed by atoms with van der Waals surface area (Å²) in [5.41, 5.74) is 4.09. The molecule has 4 nitrogen and oxygen atoms in total. The van der Waals surface area contributed by atoms with Crippen LogP contribution in [-0.2, 0) is 17.9 Å². The van der Waals surface area contributed by atoms with E-state index in [0.29, 0.717) is 11.5 Å². The summed E-state index contributed by atoms with van der Waals surface area (Å²) in [4.78, 5) is 27.1. The van der Waals surface area contributed by atoms with Gasteiger partial charge in [-0.1, -0.05) is 57.9 Å². The molecule has 3 aromatic carbocycles. The molecule has 0 aromatic heterocycles. The van der Waals surface area contributed by atoms with E-state index in [0.717, 1.165) is 45.8 Å². The molecule has 2 amide bonds. The van der Waals surface area contributed by atoms with E-state index >= 15 is 0 Å². The second-order valence-electron chi connectivity index (χ2n) is 7.48. The second-order valence-corrected chi connectivity index (χ2v) is 11.7. The van der Waals surface area contributed by atoms with Crippen LogP contribution in [0.2, 0.25) is 0 Å². The van der Waals surface area contributed by atoms with E-state index in [1.54, 1.807) is 6.08 Å². The van der Waals surface area contributed by atoms with Gasteiger partial charge >= 0.3 is 0 Å². The first-order chi connectivity index (χ1) is 15.8. The van der Waals surface area contributed by atoms with Crippen molar-refractivity contribution in [2.75, 3.05) is 0 Å². The smallest absolute Gasteiger partial charge is 0.293 e. The number of aryl methyl sites for hydroxylation is 1. The van der Waals surface area contributed by atoms with Gasteiger partial charge in [0.05, 0.1) is 18.6 Å². The van der Waals surface area contributed by atoms with Crippen LogP contribution in [0, 0.1) is 14.1 Å². The van der Waals surface area contributed by atoms with Gasteiger partial charge in [0, 0.05) is 4.47 Å². The van der Waals surface area contributed by atoms with Gasteiger partial charge in [-0.25, -0.2) is 0 Å². The first-order valence-electron chi connectivity index (χ1n) is 9.97. The predicted octanol–water partition coefficient (Wildman–Crippen LogP) is 7.78. The third-order valence-corrected chi connectivity index (χ3v) is 7.99. The molecular weight excluding hydrogens is 728 g/mol. The molecular formula is C25H18BrI2NO3S. The monoisotopic (exact) mass is 745 g/mol. The Bertz CT molecular complexity index is 1220. The molecule has 0 saturated carbocycles. The third-order valence-electron chi connectivity index (χ3n) is 4.95. The number of carbonyl (C=O) groups is 2. The maximum Gasteiger partial charge on any atom is 0.293 e. The van der Waals surface area contributed by atoms with Crippen LogP contribution in [0.15, 0.2) is 70.0 Å². The predicted molar refractivity (Wildman–Crippen MR) is 153 cm³/mol. The van der Waals surface area contributed by atoms with Gasteiger partial charge in [0.15, 0.2) is 0 Å². The zero-order valence-electron chi connectivity index (χ0n) is 17.5. The molecule has 33 heavy (non-hydrogen) atoms. The van der Waals surface area contributed by atoms with Crippen LogP contribution in [0.4, 0.5) is 4.79 Å². The molecule has 0 aliphatic carbocycles. The van der Waals surface area contributed by atoms with Gasteiger partial charge in [-0.05, 0) is 111 Å². The van der Waals surface area contributed by atoms with Gasteiger partial charge in [-0.3, -0.25) is 14.5 Å². The Balaban J connectivity index is 1.49. The van der Waals surface area contributed by atoms with Gasteiger partial charge in [-0.15, -0.1) is 0 Å². The van der Waals surface area contributed by atoms with Crippen molar-refractivity contribution < 1.29 is 14.3 Å². The summed E-state index contributed by atoms with van der Waals surface area (Å²) in [7, 11) is 0. The van der Waals surface area contributed by atoms with Gasteiger partial charge in [0.1, 0.15) is 12.4 Å². The molecule has 4 rings (SSSR count). The van der Waals surface area contributed by atoms with Crippen molar-refractivity contribution in [1.29, 1.82) is 0 Å². The van der Waals surface area contributed by atoms with E-state index in [-0.39, 0.29) is 17.7 Å². The first kappa shape index (κ1) is 24.7. The summed E-state index contributed by atoms with van der Waals surface area (Å²) in [6.45, 7) is 2.81. The van der Waals surface area contributed by atoms with Crippen molar-refractivity contribution in [3.05, 3.63) is 99.4 Å². The maximum atomic E-state index is 12.9. The molecule has 0 spiro atoms. The normalized spacial score (nSPS) is 14.9. The summed E-state index contributed by atoms with van der Waals surface area (Å²) in [5, 5.41) is -0.253. The fraction of sp³-hybridized carbons (Fsp3) is 0.120. The van der Waals surface area contributed by atoms with Crippen LogP contribution in [-0.4, -0.2) is 16.0 Å². The van der Waals surface area contributed by atoms with Crippen molar-refractivity contribution in [2.24, 2.45) is 0 Å². The zero-order chi connectivity index (χ0) is 23.5. The average Bonchev–Trinajstić information content (AvgIpc) is 3.03. The number of thioether (sulfide) groups is 1. The molecule has 8 heteroatoms. The van der Waals surface area contributed by atoms with Gasteiger partial charge in [-0.2, -0.15) is 0 Å². The molecule has 1 fully saturated rings. The molecule has 1 heterocycles. The number of halogens is 3. The summed E-state index contributed by atoms with van der Waals surface area (Å²) >= 11 is 8.87. The molecule has 168 valence electrons. The highest BCUT2D eigenvalue weighted by Crippen LogP contribution is 2.35. The van der Waals surface area contributed by atoms with Gasteiger partial charge in [0.25, 0.3) is 11.1 Å². The van der Waals surface area contributed by atoms with Crippen LogP contribution in [0.25, 0.3) is 6.08 Å². The molecule has 0 unspecified atom stereocenters. The molecule has 3 aromatic rings. The average molecular weight is 746 g/mol. The Hall–Kier alpha value is -1.37. The maximum absolute atomic E-state index is 12.9. The Labute approximate surface area is 232 Å². The number of carbonyl (C=O) groups excluding carboxylic acids is 2. The second kappa shape index (κ2) is 10.9. The minimum absolute atomic E-state index is 0.253. The lowest BCUT2D eigenvalue weighted by atomic mass is 10.1. The van der Waals surface area contributed by atoms with E-state index in [9.17, 15) is 9.59 Å². The number of amides is 2. The number of hydrogen-bond donors (Lipinski definition) is 0. The van der Waals surface area contributed by atoms with Crippen molar-refractivity contribution in [2.45, 2.75) is 20.1 Å². The lowest BCUT2D eigenvalue weighted by Crippen LogP contribution is -2.27. The van der Waals surface area contributed by atoms with Crippen LogP contribution in [0.3, 0.4) is 0 Å². The Kier molecular flexibility index (Phi) is 8.19. The highest BCUT2D eigenvalue weighted by atomic mass is 127. The fourth-order valence-electron chi connectivity index (χ4n) is 3.20. The number of benzene rings is 3. The Morgan fingerprint density at radius 1 is 0.970 bits per heavy atom. The van der Waals surface area contributed by atoms with Gasteiger partial charge in [0.2, 0.25) is 0 Å². The van der Waals surface area contributed by atoms with Crippen LogP contribution < -0.4 is 4.74 Å². The lowest BCUT2D eigenvalue weighted by molar-refractivity contribution is -0.123. The van der Waals surface area contributed by atoms with Crippen molar-refractivity contribution >= 4 is 90.1 Å². The number of imide groups is 1. The molecule has 1 aliphatic heterocycles. The molecule has 0 radical (unpaired) electrons. The largest absolute Gasteiger partial charge is 0.487 e. The summed E-state index contributed by atoms with van der Waals surface area (Å²) in [6, 6.07) is 19.8. The standard InChI is InChI=1S/C25H18BrI2NO3S/c1-15-2-4-17(5-3-15)14-32-23-20(27)10-18(11-21(23)28)12-22-24(30)29(25(31)33-22)13-16-6-8-19(26)9-7-16/h2-12H,13-14H2,1H3/b22-12-. The third kappa shape index (κ3) is 6.20. The Morgan fingerprint density at radius 2 is 1.58 bits per heavy atom. The number of hydrogen-bond acceptors (Lipinski definition) is 4. The van der Waals surface area contributed by atoms with Gasteiger partial charge < -0.3 is 4.74 Å². The highest BCUT2D eigenvalue weighted by Gasteiger charge is 2.35. The highest BCUT2D eigenvalue weighted by molar-refractivity contribution is 14.1. The summed E-state index contributed by atoms with van der Waals surface area (Å²) in [5.74, 6) is 0.551. The molecule has 1 saturated heterocycles. The molecule has 0 atom stereocenters. The molecule has 0 bridgehead atoms. The summed E-state index contributed by atoms with van der Waals surface area (Å²) < 4.78 is 8.93. The van der Waals surface area contributed by atoms with Crippen LogP contribution >= 0.6 is 72.9 Å². The molecule has 0 N–H and O–H groups in total. The quantitative estimate of drug-likeness (QED) is 0.191. The fourth-order valence-corrected chi connectivity index (χ4v) is 6.43. The Morgan fingerprint density at radius 3 is 2.21 bits per heavy atom. The zero-order valence-corrected chi connectivity index (χ0v) is 24.2. The van der Waals surface area contributed by atoms with E-state index in [1.165, 1.54) is 10.5 Å². The first-order valence-corrected chi connectivity index (χ1v) is 13.7. The minimum atomic E-state index is -0.266. The number of ether oxygens (including phenoxy) is 1. The number of nitrogens with zero attached hydrogens (tertiary/aromatic N) is 1. The number of rotatable bonds is 6. The van der Waals surface area contributed by atoms with Crippen molar-refractivity contribution in [3.63, 3.8) is 0 Å². The SMILES string of the molecule is Cc1ccc(COc2c(I)cc(/C=C3\SC(=O)N(Cc4ccc(Br)cc4)C3=O)cc2I)cc1. The van der Waals surface area contributed by atoms with E-state index in [4.69, 9.17) is 4.74 Å². The van der Waals surface area contributed by atoms with Crippen LogP contribution in [0.5, 0.6) is 5.75 Å². The lowest BCUT2D eigenvalue weighted by Gasteiger charge is -2.13. The summed E-state index contributed by atoms with van der Waals surface area (Å²) in [6.07, 6.45) is 1.78. The van der Waals surface area contributed by atoms with Crippen molar-refractivity contribution in [3.8, 4) is 5.75 Å². The van der Waals surface area contributed by atoms with Crippen LogP contribution in [0.1, 0.15) is 22.3 Å². The van der Waals surface area contributed by atoms with E-state index in [1.807, 2.05) is 36.4 Å². The van der Waals surface area contributed by atoms with E-state index in [2.05, 4.69) is 92.3 Å². The molecule has 1 aliphatic rings.